The Morgan fingerprint density at radius 3 is 3.06 bits per heavy atom. The fourth-order valence-electron chi connectivity index (χ4n) is 1.57. The number of imidazole rings is 1. The number of hydrogen-bond donors (Lipinski definition) is 1. The maximum absolute atomic E-state index is 4.16. The van der Waals surface area contributed by atoms with Crippen LogP contribution >= 0.6 is 0 Å². The van der Waals surface area contributed by atoms with Crippen LogP contribution in [0.1, 0.15) is 12.1 Å². The Morgan fingerprint density at radius 2 is 2.31 bits per heavy atom. The van der Waals surface area contributed by atoms with Gasteiger partial charge in [0.25, 0.3) is 0 Å². The highest BCUT2D eigenvalue weighted by molar-refractivity contribution is 5.42. The van der Waals surface area contributed by atoms with E-state index < -0.39 is 0 Å². The Morgan fingerprint density at radius 1 is 1.38 bits per heavy atom. The van der Waals surface area contributed by atoms with Crippen molar-refractivity contribution in [1.82, 2.24) is 14.5 Å². The Kier molecular flexibility index (Phi) is 3.53. The molecule has 0 aromatic carbocycles. The van der Waals surface area contributed by atoms with Crippen molar-refractivity contribution in [3.63, 3.8) is 0 Å². The van der Waals surface area contributed by atoms with Crippen molar-refractivity contribution >= 4 is 5.69 Å². The highest BCUT2D eigenvalue weighted by Crippen LogP contribution is 2.06. The molecule has 2 heterocycles. The van der Waals surface area contributed by atoms with Crippen molar-refractivity contribution in [1.29, 1.82) is 0 Å². The van der Waals surface area contributed by atoms with E-state index in [1.54, 1.807) is 6.20 Å². The van der Waals surface area contributed by atoms with Crippen LogP contribution < -0.4 is 5.32 Å². The first-order valence-corrected chi connectivity index (χ1v) is 5.47. The monoisotopic (exact) mass is 216 g/mol. The van der Waals surface area contributed by atoms with Gasteiger partial charge in [0.05, 0.1) is 6.33 Å². The van der Waals surface area contributed by atoms with E-state index in [1.807, 2.05) is 31.7 Å². The first-order chi connectivity index (χ1) is 7.84. The molecule has 0 bridgehead atoms. The van der Waals surface area contributed by atoms with Gasteiger partial charge in [-0.1, -0.05) is 0 Å². The van der Waals surface area contributed by atoms with Crippen molar-refractivity contribution < 1.29 is 0 Å². The van der Waals surface area contributed by atoms with Crippen LogP contribution in [0.3, 0.4) is 0 Å². The quantitative estimate of drug-likeness (QED) is 0.778. The third-order valence-electron chi connectivity index (χ3n) is 2.38. The van der Waals surface area contributed by atoms with E-state index >= 15 is 0 Å². The molecule has 0 saturated carbocycles. The molecule has 4 nitrogen and oxygen atoms in total. The van der Waals surface area contributed by atoms with Gasteiger partial charge in [-0.05, 0) is 25.5 Å². The number of hydrogen-bond acceptors (Lipinski definition) is 3. The molecule has 0 amide bonds. The third kappa shape index (κ3) is 3.08. The lowest BCUT2D eigenvalue weighted by Crippen LogP contribution is -2.05. The number of nitrogens with zero attached hydrogens (tertiary/aromatic N) is 3. The molecule has 0 unspecified atom stereocenters. The molecule has 0 spiro atoms. The standard InChI is InChI=1S/C12H16N4/c1-11-9-12(3-5-14-11)15-4-2-7-16-8-6-13-10-16/h3,5-6,8-10H,2,4,7H2,1H3,(H,14,15). The minimum atomic E-state index is 0.960. The van der Waals surface area contributed by atoms with E-state index in [1.165, 1.54) is 0 Å². The van der Waals surface area contributed by atoms with Crippen LogP contribution in [0.4, 0.5) is 5.69 Å². The predicted molar refractivity (Wildman–Crippen MR) is 64.3 cm³/mol. The molecule has 2 aromatic heterocycles. The number of aryl methyl sites for hydroxylation is 2. The average Bonchev–Trinajstić information content (AvgIpc) is 2.77. The van der Waals surface area contributed by atoms with Crippen LogP contribution in [-0.2, 0) is 6.54 Å². The summed E-state index contributed by atoms with van der Waals surface area (Å²) in [5.41, 5.74) is 2.18. The van der Waals surface area contributed by atoms with E-state index in [0.717, 1.165) is 30.9 Å². The molecule has 0 fully saturated rings. The topological polar surface area (TPSA) is 42.7 Å². The number of pyridine rings is 1. The lowest BCUT2D eigenvalue weighted by molar-refractivity contribution is 0.661. The summed E-state index contributed by atoms with van der Waals surface area (Å²) in [6, 6.07) is 4.04. The molecular formula is C12H16N4. The number of rotatable bonds is 5. The fourth-order valence-corrected chi connectivity index (χ4v) is 1.57. The fraction of sp³-hybridized carbons (Fsp3) is 0.333. The number of aromatic nitrogens is 3. The summed E-state index contributed by atoms with van der Waals surface area (Å²) < 4.78 is 2.08. The van der Waals surface area contributed by atoms with Crippen molar-refractivity contribution in [2.24, 2.45) is 0 Å². The van der Waals surface area contributed by atoms with Gasteiger partial charge in [-0.3, -0.25) is 4.98 Å². The Labute approximate surface area is 95.4 Å². The molecule has 0 aliphatic heterocycles. The Balaban J connectivity index is 1.72. The first kappa shape index (κ1) is 10.7. The van der Waals surface area contributed by atoms with E-state index in [9.17, 15) is 0 Å². The second kappa shape index (κ2) is 5.30. The zero-order valence-electron chi connectivity index (χ0n) is 9.43. The number of nitrogens with one attached hydrogen (secondary N) is 1. The summed E-state index contributed by atoms with van der Waals surface area (Å²) >= 11 is 0. The largest absolute Gasteiger partial charge is 0.385 e. The molecule has 84 valence electrons. The third-order valence-corrected chi connectivity index (χ3v) is 2.38. The van der Waals surface area contributed by atoms with Crippen LogP contribution in [-0.4, -0.2) is 21.1 Å². The van der Waals surface area contributed by atoms with E-state index in [0.29, 0.717) is 0 Å². The normalized spacial score (nSPS) is 10.3. The first-order valence-electron chi connectivity index (χ1n) is 5.47. The van der Waals surface area contributed by atoms with Crippen molar-refractivity contribution in [2.75, 3.05) is 11.9 Å². The summed E-state index contributed by atoms with van der Waals surface area (Å²) in [5.74, 6) is 0. The molecule has 0 aliphatic rings. The molecule has 4 heteroatoms. The molecule has 0 saturated heterocycles. The Bertz CT molecular complexity index is 422. The Hall–Kier alpha value is -1.84. The molecule has 16 heavy (non-hydrogen) atoms. The van der Waals surface area contributed by atoms with Crippen LogP contribution in [0, 0.1) is 6.92 Å². The lowest BCUT2D eigenvalue weighted by Gasteiger charge is -2.06. The van der Waals surface area contributed by atoms with Gasteiger partial charge < -0.3 is 9.88 Å². The zero-order chi connectivity index (χ0) is 11.2. The summed E-state index contributed by atoms with van der Waals surface area (Å²) in [6.45, 7) is 3.95. The maximum Gasteiger partial charge on any atom is 0.0945 e. The molecule has 0 radical (unpaired) electrons. The van der Waals surface area contributed by atoms with Gasteiger partial charge >= 0.3 is 0 Å². The van der Waals surface area contributed by atoms with E-state index in [4.69, 9.17) is 0 Å². The molecular weight excluding hydrogens is 200 g/mol. The van der Waals surface area contributed by atoms with Gasteiger partial charge in [0.15, 0.2) is 0 Å². The summed E-state index contributed by atoms with van der Waals surface area (Å²) in [7, 11) is 0. The van der Waals surface area contributed by atoms with E-state index in [-0.39, 0.29) is 0 Å². The van der Waals surface area contributed by atoms with Crippen molar-refractivity contribution in [2.45, 2.75) is 19.9 Å². The zero-order valence-corrected chi connectivity index (χ0v) is 9.43. The summed E-state index contributed by atoms with van der Waals surface area (Å²) in [4.78, 5) is 8.16. The molecule has 0 aliphatic carbocycles. The van der Waals surface area contributed by atoms with Gasteiger partial charge in [0, 0.05) is 43.1 Å². The van der Waals surface area contributed by atoms with Crippen LogP contribution in [0.15, 0.2) is 37.1 Å². The second-order valence-corrected chi connectivity index (χ2v) is 3.77. The van der Waals surface area contributed by atoms with Crippen LogP contribution in [0.2, 0.25) is 0 Å². The van der Waals surface area contributed by atoms with Gasteiger partial charge in [-0.2, -0.15) is 0 Å². The minimum Gasteiger partial charge on any atom is -0.385 e. The number of anilines is 1. The SMILES string of the molecule is Cc1cc(NCCCn2ccnc2)ccn1. The summed E-state index contributed by atoms with van der Waals surface area (Å²) in [5, 5.41) is 3.37. The van der Waals surface area contributed by atoms with E-state index in [2.05, 4.69) is 25.9 Å². The molecule has 1 N–H and O–H groups in total. The van der Waals surface area contributed by atoms with Gasteiger partial charge in [0.1, 0.15) is 0 Å². The van der Waals surface area contributed by atoms with Crippen molar-refractivity contribution in [3.8, 4) is 0 Å². The maximum atomic E-state index is 4.16. The highest BCUT2D eigenvalue weighted by atomic mass is 15.0. The lowest BCUT2D eigenvalue weighted by atomic mass is 10.3. The van der Waals surface area contributed by atoms with Crippen molar-refractivity contribution in [3.05, 3.63) is 42.7 Å². The molecule has 2 rings (SSSR count). The van der Waals surface area contributed by atoms with Gasteiger partial charge in [-0.25, -0.2) is 4.98 Å². The summed E-state index contributed by atoms with van der Waals surface area (Å²) in [6.07, 6.45) is 8.54. The second-order valence-electron chi connectivity index (χ2n) is 3.77. The smallest absolute Gasteiger partial charge is 0.0945 e. The predicted octanol–water partition coefficient (Wildman–Crippen LogP) is 2.09. The van der Waals surface area contributed by atoms with Crippen LogP contribution in [0.5, 0.6) is 0 Å². The van der Waals surface area contributed by atoms with Gasteiger partial charge in [0.2, 0.25) is 0 Å². The molecule has 0 atom stereocenters. The minimum absolute atomic E-state index is 0.960. The van der Waals surface area contributed by atoms with Gasteiger partial charge in [-0.15, -0.1) is 0 Å². The average molecular weight is 216 g/mol. The van der Waals surface area contributed by atoms with Crippen LogP contribution in [0.25, 0.3) is 0 Å². The molecule has 2 aromatic rings. The highest BCUT2D eigenvalue weighted by Gasteiger charge is 1.93.